The highest BCUT2D eigenvalue weighted by Crippen LogP contribution is 2.02. The van der Waals surface area contributed by atoms with Crippen LogP contribution in [0.2, 0.25) is 0 Å². The van der Waals surface area contributed by atoms with Crippen LogP contribution in [0.15, 0.2) is 0 Å². The predicted octanol–water partition coefficient (Wildman–Crippen LogP) is -0.927. The van der Waals surface area contributed by atoms with E-state index < -0.39 is 0 Å². The highest BCUT2D eigenvalue weighted by atomic mass is 16.3. The summed E-state index contributed by atoms with van der Waals surface area (Å²) < 4.78 is 0. The molecule has 1 unspecified atom stereocenters. The molecule has 1 amide bonds. The quantitative estimate of drug-likeness (QED) is 0.677. The fourth-order valence-corrected chi connectivity index (χ4v) is 1.66. The second-order valence-electron chi connectivity index (χ2n) is 4.63. The average Bonchev–Trinajstić information content (AvgIpc) is 2.28. The zero-order valence-corrected chi connectivity index (χ0v) is 10.5. The van der Waals surface area contributed by atoms with E-state index >= 15 is 0 Å². The topological polar surface area (TPSA) is 47.0 Å². The van der Waals surface area contributed by atoms with Gasteiger partial charge in [0, 0.05) is 32.2 Å². The number of aliphatic hydroxyl groups excluding tert-OH is 1. The molecule has 1 fully saturated rings. The first-order chi connectivity index (χ1) is 7.54. The summed E-state index contributed by atoms with van der Waals surface area (Å²) in [4.78, 5) is 17.9. The average molecular weight is 229 g/mol. The van der Waals surface area contributed by atoms with Gasteiger partial charge in [-0.2, -0.15) is 0 Å². The first-order valence-electron chi connectivity index (χ1n) is 5.82. The smallest absolute Gasteiger partial charge is 0.236 e. The molecule has 0 spiro atoms. The maximum Gasteiger partial charge on any atom is 0.236 e. The number of carbonyl (C=O) groups excluding carboxylic acids is 1. The Kier molecular flexibility index (Phi) is 5.18. The number of amides is 1. The Balaban J connectivity index is 2.34. The largest absolute Gasteiger partial charge is 0.395 e. The minimum absolute atomic E-state index is 0.0383. The molecule has 0 saturated carbocycles. The zero-order chi connectivity index (χ0) is 12.1. The molecule has 94 valence electrons. The molecule has 1 aliphatic heterocycles. The van der Waals surface area contributed by atoms with Crippen LogP contribution in [0.5, 0.6) is 0 Å². The third kappa shape index (κ3) is 3.73. The molecule has 0 aliphatic carbocycles. The predicted molar refractivity (Wildman–Crippen MR) is 63.3 cm³/mol. The maximum atomic E-state index is 11.9. The van der Waals surface area contributed by atoms with Crippen molar-refractivity contribution in [3.05, 3.63) is 0 Å². The van der Waals surface area contributed by atoms with Crippen LogP contribution in [-0.2, 0) is 4.79 Å². The normalized spacial score (nSPS) is 20.2. The van der Waals surface area contributed by atoms with E-state index in [1.807, 2.05) is 23.8 Å². The van der Waals surface area contributed by atoms with Crippen molar-refractivity contribution >= 4 is 5.91 Å². The lowest BCUT2D eigenvalue weighted by Gasteiger charge is -2.34. The summed E-state index contributed by atoms with van der Waals surface area (Å²) in [5.41, 5.74) is 0. The number of aliphatic hydroxyl groups is 1. The lowest BCUT2D eigenvalue weighted by Crippen LogP contribution is -2.50. The van der Waals surface area contributed by atoms with E-state index in [1.54, 1.807) is 0 Å². The van der Waals surface area contributed by atoms with E-state index in [4.69, 9.17) is 5.11 Å². The van der Waals surface area contributed by atoms with E-state index in [0.29, 0.717) is 6.54 Å². The molecule has 1 aliphatic rings. The van der Waals surface area contributed by atoms with Crippen molar-refractivity contribution in [1.29, 1.82) is 0 Å². The van der Waals surface area contributed by atoms with Gasteiger partial charge in [0.15, 0.2) is 0 Å². The van der Waals surface area contributed by atoms with Gasteiger partial charge >= 0.3 is 0 Å². The van der Waals surface area contributed by atoms with Gasteiger partial charge in [-0.05, 0) is 21.0 Å². The molecular weight excluding hydrogens is 206 g/mol. The van der Waals surface area contributed by atoms with Gasteiger partial charge in [0.1, 0.15) is 0 Å². The lowest BCUT2D eigenvalue weighted by molar-refractivity contribution is -0.134. The van der Waals surface area contributed by atoms with Gasteiger partial charge in [-0.25, -0.2) is 0 Å². The van der Waals surface area contributed by atoms with Crippen molar-refractivity contribution in [3.8, 4) is 0 Å². The Bertz CT molecular complexity index is 227. The second kappa shape index (κ2) is 6.18. The summed E-state index contributed by atoms with van der Waals surface area (Å²) in [5, 5.41) is 8.99. The molecule has 5 nitrogen and oxygen atoms in total. The molecule has 16 heavy (non-hydrogen) atoms. The molecule has 0 radical (unpaired) electrons. The Hall–Kier alpha value is -0.650. The molecule has 1 saturated heterocycles. The van der Waals surface area contributed by atoms with Gasteiger partial charge < -0.3 is 14.9 Å². The van der Waals surface area contributed by atoms with Crippen LogP contribution in [-0.4, -0.2) is 85.2 Å². The van der Waals surface area contributed by atoms with E-state index in [0.717, 1.165) is 26.2 Å². The molecule has 1 heterocycles. The highest BCUT2D eigenvalue weighted by Gasteiger charge is 2.21. The van der Waals surface area contributed by atoms with Crippen LogP contribution in [0.1, 0.15) is 6.92 Å². The van der Waals surface area contributed by atoms with Crippen molar-refractivity contribution < 1.29 is 9.90 Å². The van der Waals surface area contributed by atoms with Crippen LogP contribution in [0.4, 0.5) is 0 Å². The minimum atomic E-state index is 0.0383. The Morgan fingerprint density at radius 2 is 1.94 bits per heavy atom. The SMILES string of the molecule is CC(CO)N(C)CC(=O)N1CCN(C)CC1. The van der Waals surface area contributed by atoms with Gasteiger partial charge in [0.05, 0.1) is 13.2 Å². The Morgan fingerprint density at radius 3 is 2.44 bits per heavy atom. The van der Waals surface area contributed by atoms with E-state index in [9.17, 15) is 4.79 Å². The molecule has 1 rings (SSSR count). The second-order valence-corrected chi connectivity index (χ2v) is 4.63. The first-order valence-corrected chi connectivity index (χ1v) is 5.82. The number of hydrogen-bond donors (Lipinski definition) is 1. The number of carbonyl (C=O) groups is 1. The van der Waals surface area contributed by atoms with E-state index in [2.05, 4.69) is 11.9 Å². The molecule has 1 N–H and O–H groups in total. The lowest BCUT2D eigenvalue weighted by atomic mass is 10.3. The van der Waals surface area contributed by atoms with Crippen molar-refractivity contribution in [2.75, 3.05) is 53.4 Å². The van der Waals surface area contributed by atoms with E-state index in [1.165, 1.54) is 0 Å². The van der Waals surface area contributed by atoms with Crippen molar-refractivity contribution in [1.82, 2.24) is 14.7 Å². The number of nitrogens with zero attached hydrogens (tertiary/aromatic N) is 3. The summed E-state index contributed by atoms with van der Waals surface area (Å²) >= 11 is 0. The van der Waals surface area contributed by atoms with Crippen LogP contribution in [0, 0.1) is 0 Å². The fourth-order valence-electron chi connectivity index (χ4n) is 1.66. The Morgan fingerprint density at radius 1 is 1.38 bits per heavy atom. The molecule has 5 heteroatoms. The van der Waals surface area contributed by atoms with Gasteiger partial charge in [-0.15, -0.1) is 0 Å². The molecular formula is C11H23N3O2. The maximum absolute atomic E-state index is 11.9. The standard InChI is InChI=1S/C11H23N3O2/c1-10(9-15)13(3)8-11(16)14-6-4-12(2)5-7-14/h10,15H,4-9H2,1-3H3. The summed E-state index contributed by atoms with van der Waals surface area (Å²) in [6, 6.07) is 0.0383. The third-order valence-electron chi connectivity index (χ3n) is 3.26. The number of rotatable bonds is 4. The molecule has 0 aromatic heterocycles. The third-order valence-corrected chi connectivity index (χ3v) is 3.26. The number of likely N-dealkylation sites (N-methyl/N-ethyl adjacent to an activating group) is 2. The summed E-state index contributed by atoms with van der Waals surface area (Å²) in [7, 11) is 3.94. The monoisotopic (exact) mass is 229 g/mol. The number of hydrogen-bond acceptors (Lipinski definition) is 4. The minimum Gasteiger partial charge on any atom is -0.395 e. The summed E-state index contributed by atoms with van der Waals surface area (Å²) in [6.07, 6.45) is 0. The van der Waals surface area contributed by atoms with Crippen molar-refractivity contribution in [3.63, 3.8) is 0 Å². The highest BCUT2D eigenvalue weighted by molar-refractivity contribution is 5.78. The van der Waals surface area contributed by atoms with E-state index in [-0.39, 0.29) is 18.6 Å². The summed E-state index contributed by atoms with van der Waals surface area (Å²) in [5.74, 6) is 0.163. The number of piperazine rings is 1. The van der Waals surface area contributed by atoms with Crippen molar-refractivity contribution in [2.24, 2.45) is 0 Å². The van der Waals surface area contributed by atoms with Gasteiger partial charge in [0.2, 0.25) is 5.91 Å². The van der Waals surface area contributed by atoms with Crippen LogP contribution in [0.3, 0.4) is 0 Å². The van der Waals surface area contributed by atoms with Crippen LogP contribution < -0.4 is 0 Å². The fraction of sp³-hybridized carbons (Fsp3) is 0.909. The van der Waals surface area contributed by atoms with Gasteiger partial charge in [-0.3, -0.25) is 9.69 Å². The first kappa shape index (κ1) is 13.4. The molecule has 0 aromatic carbocycles. The molecule has 0 aromatic rings. The van der Waals surface area contributed by atoms with Crippen LogP contribution >= 0.6 is 0 Å². The van der Waals surface area contributed by atoms with Crippen LogP contribution in [0.25, 0.3) is 0 Å². The summed E-state index contributed by atoms with van der Waals surface area (Å²) in [6.45, 7) is 5.93. The molecule has 1 atom stereocenters. The van der Waals surface area contributed by atoms with Crippen molar-refractivity contribution in [2.45, 2.75) is 13.0 Å². The van der Waals surface area contributed by atoms with Gasteiger partial charge in [0.25, 0.3) is 0 Å². The molecule has 0 bridgehead atoms. The zero-order valence-electron chi connectivity index (χ0n) is 10.5. The Labute approximate surface area is 97.6 Å². The van der Waals surface area contributed by atoms with Gasteiger partial charge in [-0.1, -0.05) is 0 Å².